The van der Waals surface area contributed by atoms with E-state index in [2.05, 4.69) is 15.5 Å². The van der Waals surface area contributed by atoms with Crippen LogP contribution < -0.4 is 5.32 Å². The van der Waals surface area contributed by atoms with Gasteiger partial charge in [0.15, 0.2) is 5.69 Å². The molecule has 0 spiro atoms. The minimum atomic E-state index is -0.210. The van der Waals surface area contributed by atoms with Gasteiger partial charge in [0, 0.05) is 12.7 Å². The highest BCUT2D eigenvalue weighted by atomic mass is 16.1. The molecule has 86 valence electrons. The van der Waals surface area contributed by atoms with E-state index in [-0.39, 0.29) is 5.91 Å². The van der Waals surface area contributed by atoms with E-state index in [1.165, 1.54) is 11.8 Å². The zero-order valence-corrected chi connectivity index (χ0v) is 9.55. The summed E-state index contributed by atoms with van der Waals surface area (Å²) in [6, 6.07) is 11.3. The lowest BCUT2D eigenvalue weighted by molar-refractivity contribution is 0.0945. The van der Waals surface area contributed by atoms with Crippen LogP contribution in [0.25, 0.3) is 0 Å². The van der Waals surface area contributed by atoms with E-state index in [9.17, 15) is 4.79 Å². The third-order valence-corrected chi connectivity index (χ3v) is 2.38. The highest BCUT2D eigenvalue weighted by molar-refractivity contribution is 5.91. The van der Waals surface area contributed by atoms with Gasteiger partial charge in [-0.3, -0.25) is 4.79 Å². The van der Waals surface area contributed by atoms with Crippen molar-refractivity contribution >= 4 is 5.91 Å². The second kappa shape index (κ2) is 5.21. The molecule has 0 radical (unpaired) electrons. The molecule has 0 fully saturated rings. The summed E-state index contributed by atoms with van der Waals surface area (Å²) in [7, 11) is 0. The van der Waals surface area contributed by atoms with Crippen molar-refractivity contribution in [3.8, 4) is 0 Å². The molecule has 2 rings (SSSR count). The Labute approximate surface area is 99.7 Å². The van der Waals surface area contributed by atoms with E-state index in [0.29, 0.717) is 12.2 Å². The fourth-order valence-corrected chi connectivity index (χ4v) is 1.40. The average Bonchev–Trinajstić information content (AvgIpc) is 2.39. The van der Waals surface area contributed by atoms with Crippen molar-refractivity contribution in [1.29, 1.82) is 0 Å². The first-order chi connectivity index (χ1) is 8.25. The van der Waals surface area contributed by atoms with Crippen molar-refractivity contribution in [2.24, 2.45) is 0 Å². The topological polar surface area (TPSA) is 54.9 Å². The van der Waals surface area contributed by atoms with Crippen LogP contribution in [0.3, 0.4) is 0 Å². The smallest absolute Gasteiger partial charge is 0.272 e. The van der Waals surface area contributed by atoms with Crippen LogP contribution >= 0.6 is 0 Å². The Balaban J connectivity index is 1.95. The zero-order chi connectivity index (χ0) is 12.1. The second-order valence-electron chi connectivity index (χ2n) is 3.78. The van der Waals surface area contributed by atoms with Crippen LogP contribution in [0, 0.1) is 6.92 Å². The van der Waals surface area contributed by atoms with E-state index in [4.69, 9.17) is 0 Å². The summed E-state index contributed by atoms with van der Waals surface area (Å²) < 4.78 is 0. The minimum absolute atomic E-state index is 0.210. The third kappa shape index (κ3) is 3.11. The van der Waals surface area contributed by atoms with Crippen LogP contribution in [0.1, 0.15) is 21.6 Å². The lowest BCUT2D eigenvalue weighted by atomic mass is 10.1. The quantitative estimate of drug-likeness (QED) is 0.868. The zero-order valence-electron chi connectivity index (χ0n) is 9.55. The summed E-state index contributed by atoms with van der Waals surface area (Å²) in [6.45, 7) is 2.53. The molecule has 0 aliphatic rings. The first-order valence-electron chi connectivity index (χ1n) is 5.37. The maximum atomic E-state index is 11.7. The third-order valence-electron chi connectivity index (χ3n) is 2.38. The van der Waals surface area contributed by atoms with Gasteiger partial charge in [-0.15, -0.1) is 5.10 Å². The molecule has 0 unspecified atom stereocenters. The van der Waals surface area contributed by atoms with E-state index in [1.54, 1.807) is 12.1 Å². The molecule has 0 saturated heterocycles. The van der Waals surface area contributed by atoms with Crippen molar-refractivity contribution in [3.63, 3.8) is 0 Å². The number of hydrogen-bond acceptors (Lipinski definition) is 3. The number of aromatic nitrogens is 2. The van der Waals surface area contributed by atoms with Crippen LogP contribution in [-0.4, -0.2) is 16.1 Å². The van der Waals surface area contributed by atoms with Gasteiger partial charge in [-0.1, -0.05) is 29.8 Å². The molecule has 4 nitrogen and oxygen atoms in total. The van der Waals surface area contributed by atoms with E-state index in [1.807, 2.05) is 31.2 Å². The lowest BCUT2D eigenvalue weighted by Gasteiger charge is -2.04. The Kier molecular flexibility index (Phi) is 3.45. The molecule has 4 heteroatoms. The Morgan fingerprint density at radius 1 is 1.24 bits per heavy atom. The Morgan fingerprint density at radius 3 is 2.65 bits per heavy atom. The van der Waals surface area contributed by atoms with Gasteiger partial charge in [0.05, 0.1) is 0 Å². The Bertz CT molecular complexity index is 494. The van der Waals surface area contributed by atoms with Gasteiger partial charge in [-0.05, 0) is 24.6 Å². The van der Waals surface area contributed by atoms with Gasteiger partial charge in [0.2, 0.25) is 0 Å². The van der Waals surface area contributed by atoms with Crippen LogP contribution in [-0.2, 0) is 6.54 Å². The number of benzene rings is 1. The summed E-state index contributed by atoms with van der Waals surface area (Å²) in [4.78, 5) is 11.7. The van der Waals surface area contributed by atoms with Gasteiger partial charge < -0.3 is 5.32 Å². The molecule has 17 heavy (non-hydrogen) atoms. The number of nitrogens with one attached hydrogen (secondary N) is 1. The number of carbonyl (C=O) groups is 1. The molecule has 0 aliphatic carbocycles. The Hall–Kier alpha value is -2.23. The molecule has 2 aromatic rings. The fourth-order valence-electron chi connectivity index (χ4n) is 1.40. The molecule has 1 aromatic heterocycles. The molecule has 0 saturated carbocycles. The van der Waals surface area contributed by atoms with E-state index >= 15 is 0 Å². The number of nitrogens with zero attached hydrogens (tertiary/aromatic N) is 2. The maximum absolute atomic E-state index is 11.7. The van der Waals surface area contributed by atoms with Gasteiger partial charge in [-0.25, -0.2) is 0 Å². The number of hydrogen-bond donors (Lipinski definition) is 1. The molecular weight excluding hydrogens is 214 g/mol. The SMILES string of the molecule is Cc1ccc(CNC(=O)c2cccnn2)cc1. The average molecular weight is 227 g/mol. The van der Waals surface area contributed by atoms with E-state index < -0.39 is 0 Å². The van der Waals surface area contributed by atoms with Crippen molar-refractivity contribution in [3.05, 3.63) is 59.4 Å². The number of amides is 1. The van der Waals surface area contributed by atoms with Gasteiger partial charge in [-0.2, -0.15) is 5.10 Å². The predicted octanol–water partition coefficient (Wildman–Crippen LogP) is 1.72. The number of carbonyl (C=O) groups excluding carboxylic acids is 1. The molecule has 0 bridgehead atoms. The summed E-state index contributed by atoms with van der Waals surface area (Å²) in [6.07, 6.45) is 1.54. The van der Waals surface area contributed by atoms with Crippen LogP contribution in [0.4, 0.5) is 0 Å². The Morgan fingerprint density at radius 2 is 2.00 bits per heavy atom. The predicted molar refractivity (Wildman–Crippen MR) is 64.4 cm³/mol. The summed E-state index contributed by atoms with van der Waals surface area (Å²) in [5, 5.41) is 10.2. The van der Waals surface area contributed by atoms with Gasteiger partial charge in [0.1, 0.15) is 0 Å². The van der Waals surface area contributed by atoms with E-state index in [0.717, 1.165) is 5.56 Å². The van der Waals surface area contributed by atoms with Crippen LogP contribution in [0.2, 0.25) is 0 Å². The summed E-state index contributed by atoms with van der Waals surface area (Å²) in [5.41, 5.74) is 2.60. The molecule has 1 amide bonds. The molecule has 1 heterocycles. The highest BCUT2D eigenvalue weighted by Gasteiger charge is 2.05. The molecule has 1 aromatic carbocycles. The maximum Gasteiger partial charge on any atom is 0.272 e. The number of aryl methyl sites for hydroxylation is 1. The van der Waals surface area contributed by atoms with Crippen molar-refractivity contribution in [1.82, 2.24) is 15.5 Å². The lowest BCUT2D eigenvalue weighted by Crippen LogP contribution is -2.23. The van der Waals surface area contributed by atoms with Crippen molar-refractivity contribution in [2.45, 2.75) is 13.5 Å². The standard InChI is InChI=1S/C13H13N3O/c1-10-4-6-11(7-5-10)9-14-13(17)12-3-2-8-15-16-12/h2-8H,9H2,1H3,(H,14,17). The van der Waals surface area contributed by atoms with Gasteiger partial charge >= 0.3 is 0 Å². The normalized spacial score (nSPS) is 9.94. The molecule has 0 aliphatic heterocycles. The highest BCUT2D eigenvalue weighted by Crippen LogP contribution is 2.02. The first-order valence-corrected chi connectivity index (χ1v) is 5.37. The summed E-state index contributed by atoms with van der Waals surface area (Å²) >= 11 is 0. The van der Waals surface area contributed by atoms with Crippen molar-refractivity contribution in [2.75, 3.05) is 0 Å². The van der Waals surface area contributed by atoms with Crippen LogP contribution in [0.5, 0.6) is 0 Å². The molecular formula is C13H13N3O. The fraction of sp³-hybridized carbons (Fsp3) is 0.154. The van der Waals surface area contributed by atoms with Crippen LogP contribution in [0.15, 0.2) is 42.6 Å². The summed E-state index contributed by atoms with van der Waals surface area (Å²) in [5.74, 6) is -0.210. The number of rotatable bonds is 3. The molecule has 0 atom stereocenters. The minimum Gasteiger partial charge on any atom is -0.347 e. The largest absolute Gasteiger partial charge is 0.347 e. The van der Waals surface area contributed by atoms with Crippen molar-refractivity contribution < 1.29 is 4.79 Å². The second-order valence-corrected chi connectivity index (χ2v) is 3.78. The monoisotopic (exact) mass is 227 g/mol. The first kappa shape index (κ1) is 11.3. The molecule has 1 N–H and O–H groups in total. The van der Waals surface area contributed by atoms with Gasteiger partial charge in [0.25, 0.3) is 5.91 Å².